The van der Waals surface area contributed by atoms with Gasteiger partial charge in [0.2, 0.25) is 0 Å². The minimum absolute atomic E-state index is 0. The third-order valence-electron chi connectivity index (χ3n) is 5.46. The molecule has 0 saturated carbocycles. The van der Waals surface area contributed by atoms with Crippen LogP contribution in [0.25, 0.3) is 16.8 Å². The number of ether oxygens (including phenoxy) is 4. The quantitative estimate of drug-likeness (QED) is 0.457. The molecule has 1 aliphatic rings. The summed E-state index contributed by atoms with van der Waals surface area (Å²) in [6.07, 6.45) is 0. The lowest BCUT2D eigenvalue weighted by atomic mass is 10.1. The molecule has 10 heteroatoms. The van der Waals surface area contributed by atoms with Crippen LogP contribution in [0.3, 0.4) is 0 Å². The van der Waals surface area contributed by atoms with Gasteiger partial charge in [-0.25, -0.2) is 4.98 Å². The molecule has 3 aromatic rings. The molecule has 174 valence electrons. The summed E-state index contributed by atoms with van der Waals surface area (Å²) < 4.78 is 23.7. The van der Waals surface area contributed by atoms with Gasteiger partial charge in [-0.1, -0.05) is 11.6 Å². The number of rotatable bonds is 9. The average Bonchev–Trinajstić information content (AvgIpc) is 3.36. The molecule has 1 aromatic carbocycles. The summed E-state index contributed by atoms with van der Waals surface area (Å²) in [6.45, 7) is 5.51. The van der Waals surface area contributed by atoms with Crippen molar-refractivity contribution >= 4 is 35.5 Å². The Morgan fingerprint density at radius 2 is 1.84 bits per heavy atom. The van der Waals surface area contributed by atoms with Crippen LogP contribution < -0.4 is 9.64 Å². The van der Waals surface area contributed by atoms with Crippen LogP contribution in [0.1, 0.15) is 17.0 Å². The van der Waals surface area contributed by atoms with E-state index < -0.39 is 0 Å². The fourth-order valence-electron chi connectivity index (χ4n) is 3.93. The second-order valence-electron chi connectivity index (χ2n) is 7.37. The Morgan fingerprint density at radius 3 is 2.47 bits per heavy atom. The molecule has 2 aromatic heterocycles. The first-order valence-corrected chi connectivity index (χ1v) is 10.5. The minimum atomic E-state index is 0. The number of nitrogens with zero attached hydrogens (tertiary/aromatic N) is 4. The summed E-state index contributed by atoms with van der Waals surface area (Å²) >= 11 is 6.62. The van der Waals surface area contributed by atoms with Gasteiger partial charge in [-0.15, -0.1) is 12.4 Å². The van der Waals surface area contributed by atoms with E-state index in [-0.39, 0.29) is 12.4 Å². The lowest BCUT2D eigenvalue weighted by molar-refractivity contribution is 0.133. The molecule has 1 aliphatic heterocycles. The van der Waals surface area contributed by atoms with Crippen molar-refractivity contribution in [3.63, 3.8) is 0 Å². The zero-order valence-electron chi connectivity index (χ0n) is 18.7. The average molecular weight is 483 g/mol. The van der Waals surface area contributed by atoms with E-state index in [4.69, 9.17) is 40.6 Å². The Labute approximate surface area is 198 Å². The molecule has 0 atom stereocenters. The lowest BCUT2D eigenvalue weighted by Gasteiger charge is -2.26. The smallest absolute Gasteiger partial charge is 0.165 e. The first-order valence-electron chi connectivity index (χ1n) is 10.1. The Kier molecular flexibility index (Phi) is 8.19. The van der Waals surface area contributed by atoms with Crippen LogP contribution in [0, 0.1) is 6.92 Å². The van der Waals surface area contributed by atoms with Crippen LogP contribution >= 0.6 is 24.0 Å². The number of fused-ring (bicyclic) bond motifs is 2. The van der Waals surface area contributed by atoms with Crippen LogP contribution in [-0.2, 0) is 27.4 Å². The van der Waals surface area contributed by atoms with Crippen molar-refractivity contribution in [3.8, 4) is 16.9 Å². The maximum absolute atomic E-state index is 6.62. The first kappa shape index (κ1) is 24.5. The zero-order valence-corrected chi connectivity index (χ0v) is 20.3. The highest BCUT2D eigenvalue weighted by molar-refractivity contribution is 6.33. The van der Waals surface area contributed by atoms with Crippen LogP contribution in [0.4, 0.5) is 5.82 Å². The maximum Gasteiger partial charge on any atom is 0.165 e. The summed E-state index contributed by atoms with van der Waals surface area (Å²) in [5.41, 5.74) is 5.35. The standard InChI is InChI=1S/C22H27ClN4O4.ClH/c1-14-20(16-6-5-15(30-4)11-18(16)23)21-24-19-13-31-12-17(19)22(27(21)25-14)26(7-9-28-2)8-10-29-3;/h5-6,11H,7-10,12-13H2,1-4H3;1H. The van der Waals surface area contributed by atoms with E-state index >= 15 is 0 Å². The highest BCUT2D eigenvalue weighted by Gasteiger charge is 2.28. The largest absolute Gasteiger partial charge is 0.497 e. The van der Waals surface area contributed by atoms with Crippen LogP contribution in [0.15, 0.2) is 18.2 Å². The van der Waals surface area contributed by atoms with Crippen molar-refractivity contribution in [1.29, 1.82) is 0 Å². The molecule has 3 heterocycles. The van der Waals surface area contributed by atoms with Gasteiger partial charge in [-0.05, 0) is 25.1 Å². The van der Waals surface area contributed by atoms with Gasteiger partial charge in [0.25, 0.3) is 0 Å². The van der Waals surface area contributed by atoms with Crippen molar-refractivity contribution in [2.24, 2.45) is 0 Å². The van der Waals surface area contributed by atoms with Gasteiger partial charge in [-0.3, -0.25) is 0 Å². The van der Waals surface area contributed by atoms with Gasteiger partial charge in [0.15, 0.2) is 5.65 Å². The second-order valence-corrected chi connectivity index (χ2v) is 7.77. The number of methoxy groups -OCH3 is 3. The van der Waals surface area contributed by atoms with Crippen molar-refractivity contribution < 1.29 is 18.9 Å². The Hall–Kier alpha value is -2.10. The molecule has 0 radical (unpaired) electrons. The molecular formula is C22H28Cl2N4O4. The SMILES string of the molecule is COCCN(CCOC)c1c2c(nc3c(-c4ccc(OC)cc4Cl)c(C)nn13)COC2.Cl. The third-order valence-corrected chi connectivity index (χ3v) is 5.77. The summed E-state index contributed by atoms with van der Waals surface area (Å²) in [6, 6.07) is 5.65. The molecular weight excluding hydrogens is 455 g/mol. The third kappa shape index (κ3) is 4.51. The number of halogens is 2. The van der Waals surface area contributed by atoms with Crippen molar-refractivity contribution in [3.05, 3.63) is 40.2 Å². The van der Waals surface area contributed by atoms with E-state index in [0.29, 0.717) is 50.3 Å². The molecule has 0 amide bonds. The van der Waals surface area contributed by atoms with E-state index in [1.54, 1.807) is 27.4 Å². The van der Waals surface area contributed by atoms with Gasteiger partial charge < -0.3 is 23.8 Å². The van der Waals surface area contributed by atoms with Gasteiger partial charge >= 0.3 is 0 Å². The Bertz CT molecular complexity index is 1080. The molecule has 32 heavy (non-hydrogen) atoms. The normalized spacial score (nSPS) is 12.7. The summed E-state index contributed by atoms with van der Waals surface area (Å²) in [7, 11) is 5.02. The topological polar surface area (TPSA) is 70.4 Å². The highest BCUT2D eigenvalue weighted by Crippen LogP contribution is 2.38. The van der Waals surface area contributed by atoms with E-state index in [9.17, 15) is 0 Å². The Balaban J connectivity index is 0.00000289. The van der Waals surface area contributed by atoms with Gasteiger partial charge in [0.05, 0.1) is 55.5 Å². The Morgan fingerprint density at radius 1 is 1.12 bits per heavy atom. The van der Waals surface area contributed by atoms with Crippen molar-refractivity contribution in [2.75, 3.05) is 52.5 Å². The lowest BCUT2D eigenvalue weighted by Crippen LogP contribution is -2.33. The number of hydrogen-bond acceptors (Lipinski definition) is 7. The number of aryl methyl sites for hydroxylation is 1. The zero-order chi connectivity index (χ0) is 22.0. The molecule has 0 N–H and O–H groups in total. The fraction of sp³-hybridized carbons (Fsp3) is 0.455. The van der Waals surface area contributed by atoms with Crippen LogP contribution in [-0.4, -0.2) is 62.2 Å². The minimum Gasteiger partial charge on any atom is -0.497 e. The molecule has 0 aliphatic carbocycles. The summed E-state index contributed by atoms with van der Waals surface area (Å²) in [5.74, 6) is 1.67. The number of benzene rings is 1. The van der Waals surface area contributed by atoms with Gasteiger partial charge in [0, 0.05) is 38.4 Å². The van der Waals surface area contributed by atoms with E-state index in [1.807, 2.05) is 23.6 Å². The number of aromatic nitrogens is 3. The van der Waals surface area contributed by atoms with E-state index in [2.05, 4.69) is 4.90 Å². The molecule has 0 unspecified atom stereocenters. The maximum atomic E-state index is 6.62. The van der Waals surface area contributed by atoms with Gasteiger partial charge in [0.1, 0.15) is 11.6 Å². The molecule has 0 saturated heterocycles. The van der Waals surface area contributed by atoms with Crippen LogP contribution in [0.5, 0.6) is 5.75 Å². The first-order chi connectivity index (χ1) is 15.1. The van der Waals surface area contributed by atoms with Gasteiger partial charge in [-0.2, -0.15) is 9.61 Å². The van der Waals surface area contributed by atoms with E-state index in [1.165, 1.54) is 0 Å². The molecule has 0 fully saturated rings. The summed E-state index contributed by atoms with van der Waals surface area (Å²) in [4.78, 5) is 7.16. The number of anilines is 1. The predicted molar refractivity (Wildman–Crippen MR) is 126 cm³/mol. The van der Waals surface area contributed by atoms with Crippen LogP contribution in [0.2, 0.25) is 5.02 Å². The number of hydrogen-bond donors (Lipinski definition) is 0. The second kappa shape index (κ2) is 10.7. The molecule has 8 nitrogen and oxygen atoms in total. The van der Waals surface area contributed by atoms with Crippen molar-refractivity contribution in [1.82, 2.24) is 14.6 Å². The monoisotopic (exact) mass is 482 g/mol. The molecule has 0 spiro atoms. The predicted octanol–water partition coefficient (Wildman–Crippen LogP) is 3.92. The molecule has 4 rings (SSSR count). The molecule has 0 bridgehead atoms. The highest BCUT2D eigenvalue weighted by atomic mass is 35.5. The van der Waals surface area contributed by atoms with E-state index in [0.717, 1.165) is 39.5 Å². The fourth-order valence-corrected chi connectivity index (χ4v) is 4.19. The summed E-state index contributed by atoms with van der Waals surface area (Å²) in [5, 5.41) is 5.46. The van der Waals surface area contributed by atoms with Crippen molar-refractivity contribution in [2.45, 2.75) is 20.1 Å².